The van der Waals surface area contributed by atoms with Crippen LogP contribution in [-0.2, 0) is 0 Å². The van der Waals surface area contributed by atoms with E-state index in [4.69, 9.17) is 9.15 Å². The minimum atomic E-state index is -0.352. The summed E-state index contributed by atoms with van der Waals surface area (Å²) in [6.45, 7) is 0.272. The monoisotopic (exact) mass is 284 g/mol. The number of halogens is 1. The minimum absolute atomic E-state index is 0.164. The van der Waals surface area contributed by atoms with Gasteiger partial charge < -0.3 is 9.15 Å². The van der Waals surface area contributed by atoms with Crippen LogP contribution in [0.4, 0.5) is 4.39 Å². The molecule has 0 fully saturated rings. The van der Waals surface area contributed by atoms with E-state index in [-0.39, 0.29) is 30.4 Å². The Balaban J connectivity index is 1.64. The normalized spacial score (nSPS) is 10.7. The lowest BCUT2D eigenvalue weighted by Crippen LogP contribution is -2.05. The molecule has 2 aromatic carbocycles. The second-order valence-electron chi connectivity index (χ2n) is 4.63. The number of hydrogen-bond acceptors (Lipinski definition) is 3. The van der Waals surface area contributed by atoms with Gasteiger partial charge in [-0.3, -0.25) is 4.79 Å². The van der Waals surface area contributed by atoms with Crippen molar-refractivity contribution in [1.29, 1.82) is 0 Å². The van der Waals surface area contributed by atoms with E-state index in [1.165, 1.54) is 18.2 Å². The van der Waals surface area contributed by atoms with E-state index < -0.39 is 0 Å². The molecule has 1 aromatic heterocycles. The number of carbonyl (C=O) groups is 1. The lowest BCUT2D eigenvalue weighted by atomic mass is 10.2. The van der Waals surface area contributed by atoms with Crippen molar-refractivity contribution in [3.05, 3.63) is 66.2 Å². The maximum absolute atomic E-state index is 13.1. The molecule has 0 aliphatic rings. The van der Waals surface area contributed by atoms with Crippen molar-refractivity contribution >= 4 is 16.8 Å². The SMILES string of the molecule is O=C(CCOc1ccccc1)c1cc2cc(F)ccc2o1. The van der Waals surface area contributed by atoms with Gasteiger partial charge in [-0.2, -0.15) is 0 Å². The van der Waals surface area contributed by atoms with Crippen molar-refractivity contribution in [1.82, 2.24) is 0 Å². The number of rotatable bonds is 5. The fourth-order valence-corrected chi connectivity index (χ4v) is 2.05. The number of furan rings is 1. The predicted molar refractivity (Wildman–Crippen MR) is 77.1 cm³/mol. The zero-order valence-corrected chi connectivity index (χ0v) is 11.2. The average molecular weight is 284 g/mol. The van der Waals surface area contributed by atoms with Crippen LogP contribution < -0.4 is 4.74 Å². The van der Waals surface area contributed by atoms with Crippen LogP contribution in [0.2, 0.25) is 0 Å². The van der Waals surface area contributed by atoms with E-state index in [1.54, 1.807) is 6.07 Å². The van der Waals surface area contributed by atoms with Gasteiger partial charge in [0.05, 0.1) is 6.61 Å². The summed E-state index contributed by atoms with van der Waals surface area (Å²) in [5.41, 5.74) is 0.503. The van der Waals surface area contributed by atoms with Gasteiger partial charge in [-0.25, -0.2) is 4.39 Å². The highest BCUT2D eigenvalue weighted by molar-refractivity contribution is 5.97. The molecule has 0 saturated heterocycles. The van der Waals surface area contributed by atoms with Gasteiger partial charge in [0, 0.05) is 11.8 Å². The molecule has 0 bridgehead atoms. The first-order chi connectivity index (χ1) is 10.2. The molecule has 4 heteroatoms. The molecular formula is C17H13FO3. The van der Waals surface area contributed by atoms with E-state index in [0.29, 0.717) is 11.0 Å². The van der Waals surface area contributed by atoms with Crippen LogP contribution in [0.5, 0.6) is 5.75 Å². The summed E-state index contributed by atoms with van der Waals surface area (Å²) < 4.78 is 24.0. The topological polar surface area (TPSA) is 39.4 Å². The Morgan fingerprint density at radius 1 is 1.10 bits per heavy atom. The fourth-order valence-electron chi connectivity index (χ4n) is 2.05. The maximum Gasteiger partial charge on any atom is 0.201 e. The second kappa shape index (κ2) is 5.79. The Bertz CT molecular complexity index is 762. The molecular weight excluding hydrogens is 271 g/mol. The molecule has 0 radical (unpaired) electrons. The number of benzene rings is 2. The van der Waals surface area contributed by atoms with Gasteiger partial charge in [-0.1, -0.05) is 18.2 Å². The molecule has 0 atom stereocenters. The first kappa shape index (κ1) is 13.4. The molecule has 0 aliphatic heterocycles. The number of ether oxygens (including phenoxy) is 1. The van der Waals surface area contributed by atoms with Gasteiger partial charge in [0.15, 0.2) is 5.76 Å². The van der Waals surface area contributed by atoms with Gasteiger partial charge in [0.2, 0.25) is 5.78 Å². The summed E-state index contributed by atoms with van der Waals surface area (Å²) in [4.78, 5) is 12.0. The third kappa shape index (κ3) is 3.11. The molecule has 0 amide bonds. The number of hydrogen-bond donors (Lipinski definition) is 0. The van der Waals surface area contributed by atoms with Crippen molar-refractivity contribution in [2.24, 2.45) is 0 Å². The largest absolute Gasteiger partial charge is 0.493 e. The highest BCUT2D eigenvalue weighted by Crippen LogP contribution is 2.21. The lowest BCUT2D eigenvalue weighted by Gasteiger charge is -2.03. The summed E-state index contributed by atoms with van der Waals surface area (Å²) in [5, 5.41) is 0.585. The van der Waals surface area contributed by atoms with E-state index in [1.807, 2.05) is 30.3 Å². The van der Waals surface area contributed by atoms with Crippen molar-refractivity contribution in [2.45, 2.75) is 6.42 Å². The lowest BCUT2D eigenvalue weighted by molar-refractivity contribution is 0.0937. The number of carbonyl (C=O) groups excluding carboxylic acids is 1. The summed E-state index contributed by atoms with van der Waals surface area (Å²) in [6.07, 6.45) is 0.206. The first-order valence-corrected chi connectivity index (χ1v) is 6.62. The molecule has 21 heavy (non-hydrogen) atoms. The van der Waals surface area contributed by atoms with Crippen LogP contribution >= 0.6 is 0 Å². The van der Waals surface area contributed by atoms with E-state index >= 15 is 0 Å². The third-order valence-corrected chi connectivity index (χ3v) is 3.09. The first-order valence-electron chi connectivity index (χ1n) is 6.62. The molecule has 3 nitrogen and oxygen atoms in total. The molecule has 106 valence electrons. The second-order valence-corrected chi connectivity index (χ2v) is 4.63. The number of fused-ring (bicyclic) bond motifs is 1. The molecule has 0 unspecified atom stereocenters. The standard InChI is InChI=1S/C17H13FO3/c18-13-6-7-16-12(10-13)11-17(21-16)15(19)8-9-20-14-4-2-1-3-5-14/h1-7,10-11H,8-9H2. The van der Waals surface area contributed by atoms with Crippen LogP contribution in [0.3, 0.4) is 0 Å². The Hall–Kier alpha value is -2.62. The quantitative estimate of drug-likeness (QED) is 0.658. The molecule has 0 spiro atoms. The molecule has 0 saturated carbocycles. The Morgan fingerprint density at radius 2 is 1.90 bits per heavy atom. The zero-order valence-electron chi connectivity index (χ0n) is 11.2. The van der Waals surface area contributed by atoms with Crippen molar-refractivity contribution in [2.75, 3.05) is 6.61 Å². The van der Waals surface area contributed by atoms with Gasteiger partial charge in [-0.05, 0) is 36.4 Å². The van der Waals surface area contributed by atoms with Crippen LogP contribution in [0.25, 0.3) is 11.0 Å². The Morgan fingerprint density at radius 3 is 2.71 bits per heavy atom. The van der Waals surface area contributed by atoms with Gasteiger partial charge in [-0.15, -0.1) is 0 Å². The summed E-state index contributed by atoms with van der Waals surface area (Å²) in [6, 6.07) is 15.0. The van der Waals surface area contributed by atoms with Crippen LogP contribution in [0, 0.1) is 5.82 Å². The number of Topliss-reactive ketones (excluding diaryl/α,β-unsaturated/α-hetero) is 1. The van der Waals surface area contributed by atoms with Crippen molar-refractivity contribution < 1.29 is 18.3 Å². The molecule has 3 rings (SSSR count). The van der Waals surface area contributed by atoms with E-state index in [2.05, 4.69) is 0 Å². The summed E-state index contributed by atoms with van der Waals surface area (Å²) in [7, 11) is 0. The zero-order chi connectivity index (χ0) is 14.7. The van der Waals surface area contributed by atoms with Crippen molar-refractivity contribution in [3.63, 3.8) is 0 Å². The smallest absolute Gasteiger partial charge is 0.201 e. The predicted octanol–water partition coefficient (Wildman–Crippen LogP) is 4.22. The average Bonchev–Trinajstić information content (AvgIpc) is 2.91. The van der Waals surface area contributed by atoms with E-state index in [9.17, 15) is 9.18 Å². The summed E-state index contributed by atoms with van der Waals surface area (Å²) in [5.74, 6) is 0.432. The maximum atomic E-state index is 13.1. The van der Waals surface area contributed by atoms with Crippen LogP contribution in [0.15, 0.2) is 59.0 Å². The van der Waals surface area contributed by atoms with Crippen molar-refractivity contribution in [3.8, 4) is 5.75 Å². The van der Waals surface area contributed by atoms with Gasteiger partial charge >= 0.3 is 0 Å². The third-order valence-electron chi connectivity index (χ3n) is 3.09. The minimum Gasteiger partial charge on any atom is -0.493 e. The fraction of sp³-hybridized carbons (Fsp3) is 0.118. The van der Waals surface area contributed by atoms with Crippen LogP contribution in [-0.4, -0.2) is 12.4 Å². The Labute approximate surface area is 120 Å². The Kier molecular flexibility index (Phi) is 3.69. The van der Waals surface area contributed by atoms with Crippen LogP contribution in [0.1, 0.15) is 17.0 Å². The highest BCUT2D eigenvalue weighted by atomic mass is 19.1. The summed E-state index contributed by atoms with van der Waals surface area (Å²) >= 11 is 0. The molecule has 3 aromatic rings. The van der Waals surface area contributed by atoms with E-state index in [0.717, 1.165) is 5.75 Å². The molecule has 0 aliphatic carbocycles. The number of ketones is 1. The van der Waals surface area contributed by atoms with Gasteiger partial charge in [0.25, 0.3) is 0 Å². The highest BCUT2D eigenvalue weighted by Gasteiger charge is 2.12. The molecule has 1 heterocycles. The number of para-hydroxylation sites is 1. The van der Waals surface area contributed by atoms with Gasteiger partial charge in [0.1, 0.15) is 17.1 Å². The molecule has 0 N–H and O–H groups in total.